The molecule has 0 aliphatic heterocycles. The second-order valence-corrected chi connectivity index (χ2v) is 5.20. The Morgan fingerprint density at radius 1 is 0.625 bits per heavy atom. The Morgan fingerprint density at radius 3 is 1.50 bits per heavy atom. The van der Waals surface area contributed by atoms with Crippen molar-refractivity contribution in [3.63, 3.8) is 0 Å². The lowest BCUT2D eigenvalue weighted by Gasteiger charge is -2.30. The number of aromatic nitrogens is 1. The van der Waals surface area contributed by atoms with Crippen molar-refractivity contribution in [3.05, 3.63) is 101 Å². The second-order valence-electron chi connectivity index (χ2n) is 5.20. The topological polar surface area (TPSA) is 33.1 Å². The van der Waals surface area contributed by atoms with Crippen LogP contribution in [0.2, 0.25) is 0 Å². The Bertz CT molecular complexity index is 832. The summed E-state index contributed by atoms with van der Waals surface area (Å²) >= 11 is 0. The molecule has 2 aromatic carbocycles. The fourth-order valence-electron chi connectivity index (χ4n) is 2.54. The van der Waals surface area contributed by atoms with E-state index in [1.807, 2.05) is 0 Å². The molecule has 1 N–H and O–H groups in total. The molecular weight excluding hydrogens is 322 g/mol. The molecule has 0 saturated carbocycles. The first-order valence-corrected chi connectivity index (χ1v) is 6.97. The Morgan fingerprint density at radius 2 is 1.08 bits per heavy atom. The number of pyridine rings is 1. The second kappa shape index (κ2) is 6.05. The Labute approximate surface area is 135 Å². The van der Waals surface area contributed by atoms with Crippen molar-refractivity contribution < 1.29 is 22.7 Å². The van der Waals surface area contributed by atoms with E-state index in [-0.39, 0.29) is 16.7 Å². The van der Waals surface area contributed by atoms with Crippen LogP contribution in [-0.2, 0) is 5.60 Å². The smallest absolute Gasteiger partial charge is 0.159 e. The number of aliphatic hydroxyl groups is 1. The molecule has 1 aromatic heterocycles. The summed E-state index contributed by atoms with van der Waals surface area (Å²) in [6, 6.07) is 8.60. The lowest BCUT2D eigenvalue weighted by atomic mass is 9.80. The van der Waals surface area contributed by atoms with Crippen LogP contribution in [0, 0.1) is 23.3 Å². The highest BCUT2D eigenvalue weighted by Crippen LogP contribution is 2.37. The number of rotatable bonds is 3. The normalized spacial score (nSPS) is 11.5. The third-order valence-corrected chi connectivity index (χ3v) is 3.77. The van der Waals surface area contributed by atoms with E-state index in [0.29, 0.717) is 0 Å². The van der Waals surface area contributed by atoms with Gasteiger partial charge in [-0.2, -0.15) is 0 Å². The molecule has 0 atom stereocenters. The summed E-state index contributed by atoms with van der Waals surface area (Å²) in [4.78, 5) is 3.83. The summed E-state index contributed by atoms with van der Waals surface area (Å²) in [6.07, 6.45) is 2.78. The maximum atomic E-state index is 13.7. The number of halogens is 4. The zero-order valence-corrected chi connectivity index (χ0v) is 12.2. The van der Waals surface area contributed by atoms with Gasteiger partial charge in [-0.25, -0.2) is 17.6 Å². The summed E-state index contributed by atoms with van der Waals surface area (Å²) in [5.74, 6) is -4.49. The van der Waals surface area contributed by atoms with E-state index in [9.17, 15) is 22.7 Å². The molecule has 0 radical (unpaired) electrons. The monoisotopic (exact) mass is 333 g/mol. The summed E-state index contributed by atoms with van der Waals surface area (Å²) in [5, 5.41) is 11.2. The van der Waals surface area contributed by atoms with Crippen LogP contribution >= 0.6 is 0 Å². The Hall–Kier alpha value is -2.73. The van der Waals surface area contributed by atoms with Gasteiger partial charge in [-0.15, -0.1) is 0 Å². The molecule has 0 unspecified atom stereocenters. The van der Waals surface area contributed by atoms with E-state index in [0.717, 1.165) is 24.3 Å². The Balaban J connectivity index is 2.28. The van der Waals surface area contributed by atoms with E-state index >= 15 is 0 Å². The maximum absolute atomic E-state index is 13.7. The van der Waals surface area contributed by atoms with Crippen LogP contribution in [0.25, 0.3) is 0 Å². The fraction of sp³-hybridized carbons (Fsp3) is 0.0556. The molecule has 24 heavy (non-hydrogen) atoms. The first-order valence-electron chi connectivity index (χ1n) is 6.97. The molecule has 0 spiro atoms. The van der Waals surface area contributed by atoms with Gasteiger partial charge in [0.2, 0.25) is 0 Å². The molecule has 0 aliphatic carbocycles. The highest BCUT2D eigenvalue weighted by atomic mass is 19.2. The average Bonchev–Trinajstić information content (AvgIpc) is 2.60. The SMILES string of the molecule is OC(c1ccncc1)(c1ccc(F)c(F)c1)c1ccc(F)c(F)c1. The van der Waals surface area contributed by atoms with Crippen LogP contribution in [0.1, 0.15) is 16.7 Å². The number of hydrogen-bond donors (Lipinski definition) is 1. The summed E-state index contributed by atoms with van der Waals surface area (Å²) in [6.45, 7) is 0. The third-order valence-electron chi connectivity index (χ3n) is 3.77. The number of hydrogen-bond acceptors (Lipinski definition) is 2. The summed E-state index contributed by atoms with van der Waals surface area (Å²) in [5.41, 5.74) is -1.82. The molecular formula is C18H11F4NO. The predicted octanol–water partition coefficient (Wildman–Crippen LogP) is 3.92. The van der Waals surface area contributed by atoms with Gasteiger partial charge < -0.3 is 5.11 Å². The van der Waals surface area contributed by atoms with Gasteiger partial charge in [-0.1, -0.05) is 12.1 Å². The minimum absolute atomic E-state index is 0.0291. The van der Waals surface area contributed by atoms with E-state index in [1.54, 1.807) is 0 Å². The molecule has 0 bridgehead atoms. The standard InChI is InChI=1S/C18H11F4NO/c19-14-3-1-12(9-16(14)21)18(24,11-5-7-23-8-6-11)13-2-4-15(20)17(22)10-13/h1-10,24H. The van der Waals surface area contributed by atoms with Crippen molar-refractivity contribution in [3.8, 4) is 0 Å². The van der Waals surface area contributed by atoms with E-state index in [1.165, 1.54) is 36.7 Å². The van der Waals surface area contributed by atoms with Crippen molar-refractivity contribution in [2.45, 2.75) is 5.60 Å². The molecule has 3 rings (SSSR count). The molecule has 3 aromatic rings. The predicted molar refractivity (Wildman–Crippen MR) is 79.1 cm³/mol. The van der Waals surface area contributed by atoms with Crippen LogP contribution in [0.3, 0.4) is 0 Å². The minimum Gasteiger partial charge on any atom is -0.376 e. The molecule has 0 aliphatic rings. The summed E-state index contributed by atoms with van der Waals surface area (Å²) < 4.78 is 53.8. The van der Waals surface area contributed by atoms with Gasteiger partial charge in [-0.05, 0) is 53.1 Å². The van der Waals surface area contributed by atoms with Crippen molar-refractivity contribution in [2.75, 3.05) is 0 Å². The van der Waals surface area contributed by atoms with Gasteiger partial charge in [0.05, 0.1) is 0 Å². The largest absolute Gasteiger partial charge is 0.376 e. The van der Waals surface area contributed by atoms with Crippen molar-refractivity contribution in [2.24, 2.45) is 0 Å². The van der Waals surface area contributed by atoms with Crippen LogP contribution < -0.4 is 0 Å². The first-order chi connectivity index (χ1) is 11.4. The van der Waals surface area contributed by atoms with Gasteiger partial charge in [0, 0.05) is 12.4 Å². The fourth-order valence-corrected chi connectivity index (χ4v) is 2.54. The van der Waals surface area contributed by atoms with Crippen molar-refractivity contribution in [1.29, 1.82) is 0 Å². The number of benzene rings is 2. The van der Waals surface area contributed by atoms with Crippen LogP contribution in [0.5, 0.6) is 0 Å². The van der Waals surface area contributed by atoms with E-state index in [2.05, 4.69) is 4.98 Å². The van der Waals surface area contributed by atoms with Crippen LogP contribution in [-0.4, -0.2) is 10.1 Å². The van der Waals surface area contributed by atoms with Crippen LogP contribution in [0.15, 0.2) is 60.9 Å². The highest BCUT2D eigenvalue weighted by molar-refractivity contribution is 5.46. The van der Waals surface area contributed by atoms with E-state index in [4.69, 9.17) is 0 Å². The summed E-state index contributed by atoms with van der Waals surface area (Å²) in [7, 11) is 0. The van der Waals surface area contributed by atoms with Gasteiger partial charge in [-0.3, -0.25) is 4.98 Å². The number of nitrogens with zero attached hydrogens (tertiary/aromatic N) is 1. The zero-order chi connectivity index (χ0) is 17.3. The lowest BCUT2D eigenvalue weighted by Crippen LogP contribution is -2.29. The highest BCUT2D eigenvalue weighted by Gasteiger charge is 2.35. The lowest BCUT2D eigenvalue weighted by molar-refractivity contribution is 0.124. The van der Waals surface area contributed by atoms with Crippen molar-refractivity contribution in [1.82, 2.24) is 4.98 Å². The van der Waals surface area contributed by atoms with Gasteiger partial charge in [0.15, 0.2) is 23.3 Å². The molecule has 0 fully saturated rings. The average molecular weight is 333 g/mol. The van der Waals surface area contributed by atoms with Gasteiger partial charge in [0.25, 0.3) is 0 Å². The third kappa shape index (κ3) is 2.65. The molecule has 2 nitrogen and oxygen atoms in total. The first kappa shape index (κ1) is 16.1. The molecule has 122 valence electrons. The minimum atomic E-state index is -2.01. The van der Waals surface area contributed by atoms with Gasteiger partial charge >= 0.3 is 0 Å². The van der Waals surface area contributed by atoms with Crippen molar-refractivity contribution >= 4 is 0 Å². The van der Waals surface area contributed by atoms with E-state index < -0.39 is 28.9 Å². The van der Waals surface area contributed by atoms with Crippen LogP contribution in [0.4, 0.5) is 17.6 Å². The zero-order valence-electron chi connectivity index (χ0n) is 12.2. The maximum Gasteiger partial charge on any atom is 0.159 e. The van der Waals surface area contributed by atoms with Gasteiger partial charge in [0.1, 0.15) is 5.60 Å². The Kier molecular flexibility index (Phi) is 4.07. The molecule has 0 saturated heterocycles. The quantitative estimate of drug-likeness (QED) is 0.737. The molecule has 1 heterocycles. The molecule has 6 heteroatoms. The molecule has 0 amide bonds.